The molecule has 0 bridgehead atoms. The molecule has 1 aliphatic heterocycles. The summed E-state index contributed by atoms with van der Waals surface area (Å²) in [7, 11) is 3.94. The Bertz CT molecular complexity index is 487. The summed E-state index contributed by atoms with van der Waals surface area (Å²) in [6.45, 7) is 5.33. The summed E-state index contributed by atoms with van der Waals surface area (Å²) in [6, 6.07) is 10.5. The van der Waals surface area contributed by atoms with Gasteiger partial charge < -0.3 is 19.7 Å². The molecule has 1 aromatic rings. The van der Waals surface area contributed by atoms with Crippen LogP contribution in [0.2, 0.25) is 0 Å². The zero-order valence-corrected chi connectivity index (χ0v) is 15.7. The summed E-state index contributed by atoms with van der Waals surface area (Å²) in [5, 5.41) is 3.44. The summed E-state index contributed by atoms with van der Waals surface area (Å²) in [6.07, 6.45) is 4.30. The lowest BCUT2D eigenvalue weighted by molar-refractivity contribution is 0.133. The monoisotopic (exact) mass is 347 g/mol. The minimum absolute atomic E-state index is 0.626. The van der Waals surface area contributed by atoms with Gasteiger partial charge in [0.25, 0.3) is 0 Å². The van der Waals surface area contributed by atoms with E-state index in [4.69, 9.17) is 9.47 Å². The van der Waals surface area contributed by atoms with Crippen LogP contribution in [0.1, 0.15) is 24.8 Å². The molecule has 0 radical (unpaired) electrons. The van der Waals surface area contributed by atoms with Crippen LogP contribution >= 0.6 is 0 Å². The van der Waals surface area contributed by atoms with Gasteiger partial charge in [-0.1, -0.05) is 30.3 Å². The second-order valence-electron chi connectivity index (χ2n) is 6.64. The highest BCUT2D eigenvalue weighted by atomic mass is 16.5. The Balaban J connectivity index is 1.48. The van der Waals surface area contributed by atoms with Crippen molar-refractivity contribution in [3.8, 4) is 0 Å². The number of hydrogen-bond donors (Lipinski definition) is 1. The van der Waals surface area contributed by atoms with Crippen LogP contribution in [0.3, 0.4) is 0 Å². The predicted molar refractivity (Wildman–Crippen MR) is 103 cm³/mol. The Morgan fingerprint density at radius 3 is 2.84 bits per heavy atom. The smallest absolute Gasteiger partial charge is 0.193 e. The number of benzene rings is 1. The molecule has 25 heavy (non-hydrogen) atoms. The van der Waals surface area contributed by atoms with Crippen molar-refractivity contribution in [3.63, 3.8) is 0 Å². The Kier molecular flexibility index (Phi) is 9.37. The van der Waals surface area contributed by atoms with Gasteiger partial charge in [0.05, 0.1) is 13.2 Å². The van der Waals surface area contributed by atoms with Crippen LogP contribution in [0, 0.1) is 5.92 Å². The highest BCUT2D eigenvalue weighted by Gasteiger charge is 2.18. The van der Waals surface area contributed by atoms with E-state index in [-0.39, 0.29) is 0 Å². The van der Waals surface area contributed by atoms with Crippen molar-refractivity contribution >= 4 is 5.96 Å². The molecule has 0 saturated carbocycles. The maximum Gasteiger partial charge on any atom is 0.193 e. The maximum atomic E-state index is 5.72. The minimum atomic E-state index is 0.626. The van der Waals surface area contributed by atoms with Crippen LogP contribution in [0.25, 0.3) is 0 Å². The molecule has 5 heteroatoms. The lowest BCUT2D eigenvalue weighted by atomic mass is 10.1. The van der Waals surface area contributed by atoms with Crippen LogP contribution < -0.4 is 5.32 Å². The van der Waals surface area contributed by atoms with Crippen LogP contribution in [0.5, 0.6) is 0 Å². The van der Waals surface area contributed by atoms with Crippen LogP contribution in [-0.4, -0.2) is 64.5 Å². The quantitative estimate of drug-likeness (QED) is 0.401. The van der Waals surface area contributed by atoms with Gasteiger partial charge in [-0.15, -0.1) is 0 Å². The number of hydrogen-bond acceptors (Lipinski definition) is 3. The van der Waals surface area contributed by atoms with E-state index >= 15 is 0 Å². The van der Waals surface area contributed by atoms with Gasteiger partial charge in [-0.25, -0.2) is 0 Å². The van der Waals surface area contributed by atoms with Crippen molar-refractivity contribution in [2.45, 2.75) is 25.7 Å². The largest absolute Gasteiger partial charge is 0.381 e. The molecule has 1 aliphatic rings. The molecule has 2 rings (SSSR count). The minimum Gasteiger partial charge on any atom is -0.381 e. The Morgan fingerprint density at radius 2 is 2.12 bits per heavy atom. The normalized spacial score (nSPS) is 17.7. The average Bonchev–Trinajstić information content (AvgIpc) is 3.14. The Labute approximate surface area is 152 Å². The summed E-state index contributed by atoms with van der Waals surface area (Å²) >= 11 is 0. The van der Waals surface area contributed by atoms with Gasteiger partial charge in [0.1, 0.15) is 0 Å². The van der Waals surface area contributed by atoms with Crippen molar-refractivity contribution in [2.75, 3.05) is 53.6 Å². The molecule has 1 aromatic carbocycles. The number of rotatable bonds is 10. The van der Waals surface area contributed by atoms with E-state index in [1.54, 1.807) is 0 Å². The third-order valence-corrected chi connectivity index (χ3v) is 4.51. The van der Waals surface area contributed by atoms with Crippen molar-refractivity contribution in [1.29, 1.82) is 0 Å². The lowest BCUT2D eigenvalue weighted by Crippen LogP contribution is -2.41. The van der Waals surface area contributed by atoms with Gasteiger partial charge in [0.15, 0.2) is 5.96 Å². The first-order valence-electron chi connectivity index (χ1n) is 9.41. The summed E-state index contributed by atoms with van der Waals surface area (Å²) in [5.74, 6) is 1.60. The summed E-state index contributed by atoms with van der Waals surface area (Å²) in [5.41, 5.74) is 1.34. The molecule has 0 spiro atoms. The van der Waals surface area contributed by atoms with Gasteiger partial charge in [0.2, 0.25) is 0 Å². The number of nitrogens with one attached hydrogen (secondary N) is 1. The topological polar surface area (TPSA) is 46.1 Å². The van der Waals surface area contributed by atoms with Crippen molar-refractivity contribution in [1.82, 2.24) is 10.2 Å². The second kappa shape index (κ2) is 11.9. The number of aliphatic imine (C=N–C) groups is 1. The fourth-order valence-corrected chi connectivity index (χ4v) is 3.05. The molecule has 1 fully saturated rings. The predicted octanol–water partition coefficient (Wildman–Crippen LogP) is 2.57. The van der Waals surface area contributed by atoms with Crippen LogP contribution in [-0.2, 0) is 15.9 Å². The number of ether oxygens (including phenoxy) is 2. The van der Waals surface area contributed by atoms with Crippen molar-refractivity contribution in [3.05, 3.63) is 35.9 Å². The fourth-order valence-electron chi connectivity index (χ4n) is 3.05. The molecular weight excluding hydrogens is 314 g/mol. The molecule has 0 aromatic heterocycles. The van der Waals surface area contributed by atoms with Gasteiger partial charge in [0, 0.05) is 46.3 Å². The average molecular weight is 348 g/mol. The van der Waals surface area contributed by atoms with Gasteiger partial charge in [-0.05, 0) is 31.2 Å². The molecule has 1 saturated heterocycles. The van der Waals surface area contributed by atoms with E-state index in [2.05, 4.69) is 46.5 Å². The second-order valence-corrected chi connectivity index (χ2v) is 6.64. The van der Waals surface area contributed by atoms with E-state index in [1.807, 2.05) is 13.1 Å². The third-order valence-electron chi connectivity index (χ3n) is 4.51. The first-order valence-corrected chi connectivity index (χ1v) is 9.41. The zero-order chi connectivity index (χ0) is 17.7. The SMILES string of the molecule is CN=C(NCCCCOCCc1ccccc1)N(C)CC1CCOC1. The van der Waals surface area contributed by atoms with Gasteiger partial charge in [-0.3, -0.25) is 4.99 Å². The highest BCUT2D eigenvalue weighted by molar-refractivity contribution is 5.79. The molecule has 0 amide bonds. The number of unbranched alkanes of at least 4 members (excludes halogenated alkanes) is 1. The Morgan fingerprint density at radius 1 is 1.28 bits per heavy atom. The first kappa shape index (κ1) is 19.7. The van der Waals surface area contributed by atoms with E-state index in [9.17, 15) is 0 Å². The molecule has 1 N–H and O–H groups in total. The number of nitrogens with zero attached hydrogens (tertiary/aromatic N) is 2. The number of guanidine groups is 1. The lowest BCUT2D eigenvalue weighted by Gasteiger charge is -2.24. The Hall–Kier alpha value is -1.59. The van der Waals surface area contributed by atoms with E-state index in [1.165, 1.54) is 5.56 Å². The highest BCUT2D eigenvalue weighted by Crippen LogP contribution is 2.13. The fraction of sp³-hybridized carbons (Fsp3) is 0.650. The van der Waals surface area contributed by atoms with Gasteiger partial charge in [-0.2, -0.15) is 0 Å². The van der Waals surface area contributed by atoms with E-state index < -0.39 is 0 Å². The summed E-state index contributed by atoms with van der Waals surface area (Å²) < 4.78 is 11.2. The maximum absolute atomic E-state index is 5.72. The van der Waals surface area contributed by atoms with E-state index in [0.717, 1.165) is 71.2 Å². The zero-order valence-electron chi connectivity index (χ0n) is 15.7. The molecular formula is C20H33N3O2. The molecule has 1 unspecified atom stereocenters. The summed E-state index contributed by atoms with van der Waals surface area (Å²) in [4.78, 5) is 6.57. The van der Waals surface area contributed by atoms with Crippen LogP contribution in [0.15, 0.2) is 35.3 Å². The molecule has 1 heterocycles. The third kappa shape index (κ3) is 7.88. The van der Waals surface area contributed by atoms with Crippen molar-refractivity contribution in [2.24, 2.45) is 10.9 Å². The first-order chi connectivity index (χ1) is 12.3. The molecule has 5 nitrogen and oxygen atoms in total. The standard InChI is InChI=1S/C20H33N3O2/c1-21-20(23(2)16-19-11-15-25-17-19)22-12-6-7-13-24-14-10-18-8-4-3-5-9-18/h3-5,8-9,19H,6-7,10-17H2,1-2H3,(H,21,22). The van der Waals surface area contributed by atoms with Gasteiger partial charge >= 0.3 is 0 Å². The van der Waals surface area contributed by atoms with Crippen LogP contribution in [0.4, 0.5) is 0 Å². The van der Waals surface area contributed by atoms with Crippen molar-refractivity contribution < 1.29 is 9.47 Å². The molecule has 0 aliphatic carbocycles. The molecule has 1 atom stereocenters. The molecule has 140 valence electrons. The van der Waals surface area contributed by atoms with E-state index in [0.29, 0.717) is 5.92 Å².